The van der Waals surface area contributed by atoms with Crippen molar-refractivity contribution >= 4 is 5.91 Å². The average Bonchev–Trinajstić information content (AvgIpc) is 2.78. The Labute approximate surface area is 124 Å². The third-order valence-electron chi connectivity index (χ3n) is 4.99. The fourth-order valence-electron chi connectivity index (χ4n) is 4.41. The topological polar surface area (TPSA) is 41.1 Å². The third-order valence-corrected chi connectivity index (χ3v) is 4.99. The minimum absolute atomic E-state index is 0.269. The second-order valence-electron chi connectivity index (χ2n) is 7.98. The van der Waals surface area contributed by atoms with Crippen LogP contribution in [0.3, 0.4) is 0 Å². The van der Waals surface area contributed by atoms with E-state index in [9.17, 15) is 4.79 Å². The van der Waals surface area contributed by atoms with Crippen LogP contribution < -0.4 is 10.6 Å². The second kappa shape index (κ2) is 6.93. The molecule has 2 rings (SSSR count). The highest BCUT2D eigenvalue weighted by Crippen LogP contribution is 2.42. The summed E-state index contributed by atoms with van der Waals surface area (Å²) in [6, 6.07) is 0. The Kier molecular flexibility index (Phi) is 5.48. The lowest BCUT2D eigenvalue weighted by Gasteiger charge is -2.38. The molecule has 3 unspecified atom stereocenters. The van der Waals surface area contributed by atoms with Gasteiger partial charge in [-0.15, -0.1) is 0 Å². The summed E-state index contributed by atoms with van der Waals surface area (Å²) in [5.74, 6) is 2.39. The first-order chi connectivity index (χ1) is 9.44. The summed E-state index contributed by atoms with van der Waals surface area (Å²) in [4.78, 5) is 12.1. The Morgan fingerprint density at radius 1 is 1.30 bits per heavy atom. The van der Waals surface area contributed by atoms with Crippen molar-refractivity contribution < 1.29 is 4.79 Å². The zero-order valence-electron chi connectivity index (χ0n) is 13.5. The maximum atomic E-state index is 12.1. The fraction of sp³-hybridized carbons (Fsp3) is 0.941. The molecule has 0 radical (unpaired) electrons. The van der Waals surface area contributed by atoms with Crippen LogP contribution in [0.5, 0.6) is 0 Å². The molecule has 1 saturated heterocycles. The number of hydrogen-bond donors (Lipinski definition) is 2. The van der Waals surface area contributed by atoms with Crippen LogP contribution in [0.1, 0.15) is 59.3 Å². The summed E-state index contributed by atoms with van der Waals surface area (Å²) in [6.45, 7) is 10.2. The Balaban J connectivity index is 1.65. The summed E-state index contributed by atoms with van der Waals surface area (Å²) in [5, 5.41) is 6.51. The van der Waals surface area contributed by atoms with Crippen LogP contribution in [0.15, 0.2) is 0 Å². The molecule has 20 heavy (non-hydrogen) atoms. The number of carbonyl (C=O) groups is 1. The number of amides is 1. The van der Waals surface area contributed by atoms with E-state index in [1.54, 1.807) is 0 Å². The largest absolute Gasteiger partial charge is 0.356 e. The van der Waals surface area contributed by atoms with Crippen molar-refractivity contribution in [3.05, 3.63) is 0 Å². The van der Waals surface area contributed by atoms with Crippen molar-refractivity contribution in [1.82, 2.24) is 10.6 Å². The monoisotopic (exact) mass is 280 g/mol. The van der Waals surface area contributed by atoms with E-state index in [4.69, 9.17) is 0 Å². The zero-order valence-corrected chi connectivity index (χ0v) is 13.5. The first kappa shape index (κ1) is 15.8. The van der Waals surface area contributed by atoms with Crippen molar-refractivity contribution in [3.8, 4) is 0 Å². The minimum Gasteiger partial charge on any atom is -0.356 e. The van der Waals surface area contributed by atoms with Gasteiger partial charge in [0.25, 0.3) is 0 Å². The predicted molar refractivity (Wildman–Crippen MR) is 83.5 cm³/mol. The number of carbonyl (C=O) groups excluding carboxylic acids is 1. The fourth-order valence-corrected chi connectivity index (χ4v) is 4.41. The van der Waals surface area contributed by atoms with Crippen LogP contribution in [0, 0.1) is 23.2 Å². The van der Waals surface area contributed by atoms with Gasteiger partial charge in [-0.3, -0.25) is 4.79 Å². The summed E-state index contributed by atoms with van der Waals surface area (Å²) < 4.78 is 0. The minimum atomic E-state index is 0.269. The third kappa shape index (κ3) is 5.08. The van der Waals surface area contributed by atoms with Crippen LogP contribution in [0.4, 0.5) is 0 Å². The molecule has 2 aliphatic rings. The van der Waals surface area contributed by atoms with Crippen molar-refractivity contribution in [2.24, 2.45) is 23.2 Å². The van der Waals surface area contributed by atoms with Gasteiger partial charge in [0.15, 0.2) is 0 Å². The van der Waals surface area contributed by atoms with Gasteiger partial charge in [-0.25, -0.2) is 0 Å². The molecule has 116 valence electrons. The van der Waals surface area contributed by atoms with Crippen molar-refractivity contribution in [1.29, 1.82) is 0 Å². The van der Waals surface area contributed by atoms with Gasteiger partial charge in [-0.1, -0.05) is 20.8 Å². The van der Waals surface area contributed by atoms with Gasteiger partial charge >= 0.3 is 0 Å². The summed E-state index contributed by atoms with van der Waals surface area (Å²) in [5.41, 5.74) is 0.415. The Morgan fingerprint density at radius 3 is 2.75 bits per heavy atom. The Morgan fingerprint density at radius 2 is 2.10 bits per heavy atom. The molecule has 0 bridgehead atoms. The molecule has 0 aromatic heterocycles. The number of rotatable bonds is 5. The lowest BCUT2D eigenvalue weighted by atomic mass is 9.67. The Hall–Kier alpha value is -0.570. The highest BCUT2D eigenvalue weighted by Gasteiger charge is 2.32. The molecule has 0 aromatic rings. The van der Waals surface area contributed by atoms with Crippen LogP contribution in [0.25, 0.3) is 0 Å². The van der Waals surface area contributed by atoms with Gasteiger partial charge in [0.05, 0.1) is 0 Å². The molecule has 2 fully saturated rings. The summed E-state index contributed by atoms with van der Waals surface area (Å²) >= 11 is 0. The molecule has 2 N–H and O–H groups in total. The van der Waals surface area contributed by atoms with Gasteiger partial charge in [0.1, 0.15) is 0 Å². The van der Waals surface area contributed by atoms with Gasteiger partial charge in [0, 0.05) is 13.0 Å². The molecule has 3 heteroatoms. The van der Waals surface area contributed by atoms with Gasteiger partial charge < -0.3 is 10.6 Å². The highest BCUT2D eigenvalue weighted by atomic mass is 16.1. The van der Waals surface area contributed by atoms with E-state index in [0.717, 1.165) is 44.3 Å². The lowest BCUT2D eigenvalue weighted by molar-refractivity contribution is -0.122. The van der Waals surface area contributed by atoms with Crippen LogP contribution in [-0.4, -0.2) is 25.5 Å². The standard InChI is InChI=1S/C17H32N2O/c1-13-8-15(11-17(2,3)10-13)9-16(20)19-7-5-14-4-6-18-12-14/h13-15,18H,4-12H2,1-3H3,(H,19,20). The van der Waals surface area contributed by atoms with Crippen molar-refractivity contribution in [2.75, 3.05) is 19.6 Å². The molecule has 1 aliphatic carbocycles. The van der Waals surface area contributed by atoms with E-state index in [1.165, 1.54) is 25.7 Å². The van der Waals surface area contributed by atoms with Crippen LogP contribution in [0.2, 0.25) is 0 Å². The SMILES string of the molecule is CC1CC(CC(=O)NCCC2CCNC2)CC(C)(C)C1. The maximum Gasteiger partial charge on any atom is 0.220 e. The van der Waals surface area contributed by atoms with E-state index in [0.29, 0.717) is 11.3 Å². The van der Waals surface area contributed by atoms with E-state index in [-0.39, 0.29) is 5.91 Å². The normalized spacial score (nSPS) is 33.0. The zero-order chi connectivity index (χ0) is 14.6. The number of nitrogens with one attached hydrogen (secondary N) is 2. The van der Waals surface area contributed by atoms with Gasteiger partial charge in [-0.05, 0) is 68.4 Å². The first-order valence-electron chi connectivity index (χ1n) is 8.42. The molecule has 0 aromatic carbocycles. The predicted octanol–water partition coefficient (Wildman–Crippen LogP) is 2.95. The highest BCUT2D eigenvalue weighted by molar-refractivity contribution is 5.76. The molecular formula is C17H32N2O. The molecule has 1 aliphatic heterocycles. The lowest BCUT2D eigenvalue weighted by Crippen LogP contribution is -2.33. The molecule has 0 spiro atoms. The first-order valence-corrected chi connectivity index (χ1v) is 8.42. The molecule has 3 nitrogen and oxygen atoms in total. The summed E-state index contributed by atoms with van der Waals surface area (Å²) in [7, 11) is 0. The molecule has 3 atom stereocenters. The number of hydrogen-bond acceptors (Lipinski definition) is 2. The molecule has 1 heterocycles. The van der Waals surface area contributed by atoms with Gasteiger partial charge in [-0.2, -0.15) is 0 Å². The molecular weight excluding hydrogens is 248 g/mol. The van der Waals surface area contributed by atoms with E-state index >= 15 is 0 Å². The summed E-state index contributed by atoms with van der Waals surface area (Å²) in [6.07, 6.45) is 6.87. The van der Waals surface area contributed by atoms with Crippen LogP contribution >= 0.6 is 0 Å². The Bertz CT molecular complexity index is 321. The molecule has 1 amide bonds. The maximum absolute atomic E-state index is 12.1. The quantitative estimate of drug-likeness (QED) is 0.813. The van der Waals surface area contributed by atoms with E-state index in [1.807, 2.05) is 0 Å². The second-order valence-corrected chi connectivity index (χ2v) is 7.98. The molecule has 1 saturated carbocycles. The van der Waals surface area contributed by atoms with Crippen molar-refractivity contribution in [3.63, 3.8) is 0 Å². The smallest absolute Gasteiger partial charge is 0.220 e. The average molecular weight is 280 g/mol. The van der Waals surface area contributed by atoms with Crippen molar-refractivity contribution in [2.45, 2.75) is 59.3 Å². The van der Waals surface area contributed by atoms with Gasteiger partial charge in [0.2, 0.25) is 5.91 Å². The van der Waals surface area contributed by atoms with E-state index < -0.39 is 0 Å². The van der Waals surface area contributed by atoms with E-state index in [2.05, 4.69) is 31.4 Å². The van der Waals surface area contributed by atoms with Crippen LogP contribution in [-0.2, 0) is 4.79 Å².